The number of aromatic nitrogens is 2. The lowest BCUT2D eigenvalue weighted by Gasteiger charge is -2.24. The van der Waals surface area contributed by atoms with Crippen LogP contribution in [0.5, 0.6) is 0 Å². The first-order valence-electron chi connectivity index (χ1n) is 9.43. The number of hydrogen-bond acceptors (Lipinski definition) is 3. The van der Waals surface area contributed by atoms with Gasteiger partial charge in [0.25, 0.3) is 0 Å². The SMILES string of the molecule is CCN(C[C@@H]1CCN(C)C1)C(=O)NCc1n[nH]c2c1CCCCC2. The molecule has 1 aromatic rings. The minimum atomic E-state index is 0.0393. The van der Waals surface area contributed by atoms with Gasteiger partial charge in [0.05, 0.1) is 12.2 Å². The highest BCUT2D eigenvalue weighted by molar-refractivity contribution is 5.74. The van der Waals surface area contributed by atoms with Crippen molar-refractivity contribution in [2.45, 2.75) is 52.0 Å². The third kappa shape index (κ3) is 4.09. The largest absolute Gasteiger partial charge is 0.332 e. The number of likely N-dealkylation sites (tertiary alicyclic amines) is 1. The number of hydrogen-bond donors (Lipinski definition) is 2. The van der Waals surface area contributed by atoms with Crippen LogP contribution in [0.3, 0.4) is 0 Å². The van der Waals surface area contributed by atoms with E-state index in [0.29, 0.717) is 12.5 Å². The van der Waals surface area contributed by atoms with Crippen molar-refractivity contribution in [2.75, 3.05) is 33.2 Å². The molecule has 2 aliphatic rings. The monoisotopic (exact) mass is 333 g/mol. The van der Waals surface area contributed by atoms with Gasteiger partial charge in [0.15, 0.2) is 0 Å². The van der Waals surface area contributed by atoms with Crippen LogP contribution >= 0.6 is 0 Å². The Morgan fingerprint density at radius 2 is 2.21 bits per heavy atom. The highest BCUT2D eigenvalue weighted by Gasteiger charge is 2.24. The quantitative estimate of drug-likeness (QED) is 0.812. The van der Waals surface area contributed by atoms with E-state index >= 15 is 0 Å². The van der Waals surface area contributed by atoms with E-state index in [-0.39, 0.29) is 6.03 Å². The van der Waals surface area contributed by atoms with Gasteiger partial charge < -0.3 is 15.1 Å². The molecule has 1 aliphatic heterocycles. The van der Waals surface area contributed by atoms with Gasteiger partial charge >= 0.3 is 6.03 Å². The van der Waals surface area contributed by atoms with Crippen molar-refractivity contribution in [3.8, 4) is 0 Å². The molecule has 2 N–H and O–H groups in total. The minimum Gasteiger partial charge on any atom is -0.332 e. The van der Waals surface area contributed by atoms with Crippen molar-refractivity contribution in [3.63, 3.8) is 0 Å². The number of carbonyl (C=O) groups excluding carboxylic acids is 1. The Hall–Kier alpha value is -1.56. The lowest BCUT2D eigenvalue weighted by atomic mass is 10.1. The van der Waals surface area contributed by atoms with E-state index in [4.69, 9.17) is 0 Å². The van der Waals surface area contributed by atoms with E-state index in [0.717, 1.165) is 44.7 Å². The smallest absolute Gasteiger partial charge is 0.317 e. The molecule has 3 rings (SSSR count). The molecule has 1 fully saturated rings. The second-order valence-electron chi connectivity index (χ2n) is 7.30. The number of urea groups is 1. The molecule has 6 nitrogen and oxygen atoms in total. The molecule has 2 amide bonds. The number of nitrogens with zero attached hydrogens (tertiary/aromatic N) is 3. The summed E-state index contributed by atoms with van der Waals surface area (Å²) in [4.78, 5) is 16.8. The first-order valence-corrected chi connectivity index (χ1v) is 9.43. The van der Waals surface area contributed by atoms with Crippen LogP contribution in [0.2, 0.25) is 0 Å². The maximum absolute atomic E-state index is 12.5. The van der Waals surface area contributed by atoms with E-state index in [9.17, 15) is 4.79 Å². The number of H-pyrrole nitrogens is 1. The predicted octanol–water partition coefficient (Wildman–Crippen LogP) is 2.16. The highest BCUT2D eigenvalue weighted by Crippen LogP contribution is 2.21. The Bertz CT molecular complexity index is 556. The molecule has 6 heteroatoms. The van der Waals surface area contributed by atoms with Crippen molar-refractivity contribution in [3.05, 3.63) is 17.0 Å². The van der Waals surface area contributed by atoms with Crippen LogP contribution in [0.25, 0.3) is 0 Å². The molecule has 0 radical (unpaired) electrons. The van der Waals surface area contributed by atoms with E-state index in [2.05, 4.69) is 34.4 Å². The number of carbonyl (C=O) groups is 1. The Labute approximate surface area is 145 Å². The van der Waals surface area contributed by atoms with E-state index in [1.54, 1.807) is 0 Å². The summed E-state index contributed by atoms with van der Waals surface area (Å²) in [6.45, 7) is 6.43. The molecular formula is C18H31N5O. The van der Waals surface area contributed by atoms with Gasteiger partial charge in [-0.15, -0.1) is 0 Å². The standard InChI is InChI=1S/C18H31N5O/c1-3-23(13-14-9-10-22(2)12-14)18(24)19-11-17-15-7-5-4-6-8-16(15)20-21-17/h14H,3-13H2,1-2H3,(H,19,24)(H,20,21)/t14-/m1/s1. The van der Waals surface area contributed by atoms with E-state index in [1.807, 2.05) is 4.90 Å². The number of rotatable bonds is 5. The first kappa shape index (κ1) is 17.3. The zero-order valence-corrected chi connectivity index (χ0v) is 15.1. The third-order valence-electron chi connectivity index (χ3n) is 5.44. The molecule has 24 heavy (non-hydrogen) atoms. The highest BCUT2D eigenvalue weighted by atomic mass is 16.2. The molecule has 0 bridgehead atoms. The lowest BCUT2D eigenvalue weighted by molar-refractivity contribution is 0.190. The van der Waals surface area contributed by atoms with Gasteiger partial charge in [-0.05, 0) is 64.1 Å². The first-order chi connectivity index (χ1) is 11.7. The summed E-state index contributed by atoms with van der Waals surface area (Å²) in [5.74, 6) is 0.599. The third-order valence-corrected chi connectivity index (χ3v) is 5.44. The maximum atomic E-state index is 12.5. The van der Waals surface area contributed by atoms with Gasteiger partial charge in [-0.2, -0.15) is 5.10 Å². The van der Waals surface area contributed by atoms with Gasteiger partial charge in [-0.3, -0.25) is 5.10 Å². The summed E-state index contributed by atoms with van der Waals surface area (Å²) in [5.41, 5.74) is 3.64. The van der Waals surface area contributed by atoms with Crippen molar-refractivity contribution in [1.82, 2.24) is 25.3 Å². The minimum absolute atomic E-state index is 0.0393. The van der Waals surface area contributed by atoms with Crippen LogP contribution < -0.4 is 5.32 Å². The van der Waals surface area contributed by atoms with Crippen LogP contribution in [-0.2, 0) is 19.4 Å². The molecule has 1 atom stereocenters. The van der Waals surface area contributed by atoms with Crippen molar-refractivity contribution in [1.29, 1.82) is 0 Å². The van der Waals surface area contributed by atoms with E-state index in [1.165, 1.54) is 36.9 Å². The molecule has 0 spiro atoms. The maximum Gasteiger partial charge on any atom is 0.317 e. The van der Waals surface area contributed by atoms with Crippen LogP contribution in [-0.4, -0.2) is 59.3 Å². The average molecular weight is 333 g/mol. The molecule has 134 valence electrons. The second kappa shape index (κ2) is 8.01. The van der Waals surface area contributed by atoms with Gasteiger partial charge in [0.2, 0.25) is 0 Å². The van der Waals surface area contributed by atoms with Crippen molar-refractivity contribution >= 4 is 6.03 Å². The van der Waals surface area contributed by atoms with E-state index < -0.39 is 0 Å². The van der Waals surface area contributed by atoms with Gasteiger partial charge in [-0.1, -0.05) is 6.42 Å². The van der Waals surface area contributed by atoms with Crippen LogP contribution in [0.15, 0.2) is 0 Å². The van der Waals surface area contributed by atoms with Crippen LogP contribution in [0.1, 0.15) is 49.6 Å². The van der Waals surface area contributed by atoms with Crippen molar-refractivity contribution in [2.24, 2.45) is 5.92 Å². The Balaban J connectivity index is 1.53. The predicted molar refractivity (Wildman–Crippen MR) is 94.9 cm³/mol. The van der Waals surface area contributed by atoms with Crippen LogP contribution in [0, 0.1) is 5.92 Å². The fraction of sp³-hybridized carbons (Fsp3) is 0.778. The zero-order valence-electron chi connectivity index (χ0n) is 15.1. The molecule has 0 aromatic carbocycles. The summed E-state index contributed by atoms with van der Waals surface area (Å²) in [5, 5.41) is 10.7. The number of amides is 2. The summed E-state index contributed by atoms with van der Waals surface area (Å²) in [7, 11) is 2.15. The molecule has 1 aromatic heterocycles. The van der Waals surface area contributed by atoms with Crippen LogP contribution in [0.4, 0.5) is 4.79 Å². The summed E-state index contributed by atoms with van der Waals surface area (Å²) >= 11 is 0. The Morgan fingerprint density at radius 3 is 2.96 bits per heavy atom. The zero-order chi connectivity index (χ0) is 16.9. The topological polar surface area (TPSA) is 64.3 Å². The van der Waals surface area contributed by atoms with Gasteiger partial charge in [-0.25, -0.2) is 4.79 Å². The van der Waals surface area contributed by atoms with Gasteiger partial charge in [0.1, 0.15) is 0 Å². The lowest BCUT2D eigenvalue weighted by Crippen LogP contribution is -2.42. The average Bonchev–Trinajstić information content (AvgIpc) is 3.08. The number of aryl methyl sites for hydroxylation is 1. The van der Waals surface area contributed by atoms with Gasteiger partial charge in [0, 0.05) is 25.3 Å². The Morgan fingerprint density at radius 1 is 1.38 bits per heavy atom. The summed E-state index contributed by atoms with van der Waals surface area (Å²) in [6, 6.07) is 0.0393. The molecular weight excluding hydrogens is 302 g/mol. The summed E-state index contributed by atoms with van der Waals surface area (Å²) in [6.07, 6.45) is 7.11. The fourth-order valence-corrected chi connectivity index (χ4v) is 3.99. The molecule has 0 saturated carbocycles. The van der Waals surface area contributed by atoms with Crippen molar-refractivity contribution < 1.29 is 4.79 Å². The number of aromatic amines is 1. The number of fused-ring (bicyclic) bond motifs is 1. The summed E-state index contributed by atoms with van der Waals surface area (Å²) < 4.78 is 0. The second-order valence-corrected chi connectivity index (χ2v) is 7.30. The fourth-order valence-electron chi connectivity index (χ4n) is 3.99. The molecule has 1 saturated heterocycles. The normalized spacial score (nSPS) is 21.3. The molecule has 0 unspecified atom stereocenters. The Kier molecular flexibility index (Phi) is 5.76. The molecule has 2 heterocycles. The molecule has 1 aliphatic carbocycles. The number of nitrogens with one attached hydrogen (secondary N) is 2.